The quantitative estimate of drug-likeness (QED) is 0.736. The van der Waals surface area contributed by atoms with E-state index in [4.69, 9.17) is 27.8 Å². The van der Waals surface area contributed by atoms with Crippen molar-refractivity contribution >= 4 is 23.3 Å². The number of primary amides is 1. The highest BCUT2D eigenvalue weighted by Gasteiger charge is 2.66. The van der Waals surface area contributed by atoms with Gasteiger partial charge in [0.25, 0.3) is 5.91 Å². The molecule has 134 valence electrons. The molecule has 3 aliphatic carbocycles. The minimum Gasteiger partial charge on any atom is -0.476 e. The summed E-state index contributed by atoms with van der Waals surface area (Å²) in [5.74, 6) is -0.569. The fourth-order valence-corrected chi connectivity index (χ4v) is 5.09. The highest BCUT2D eigenvalue weighted by atomic mass is 35.5. The molecule has 0 spiro atoms. The first-order chi connectivity index (χ1) is 11.7. The first-order valence-electron chi connectivity index (χ1n) is 8.50. The summed E-state index contributed by atoms with van der Waals surface area (Å²) in [6.45, 7) is 0. The zero-order chi connectivity index (χ0) is 18.0. The summed E-state index contributed by atoms with van der Waals surface area (Å²) in [6.07, 6.45) is 1.78. The van der Waals surface area contributed by atoms with Gasteiger partial charge in [-0.15, -0.1) is 0 Å². The molecule has 1 heterocycles. The molecule has 3 saturated carbocycles. The van der Waals surface area contributed by atoms with E-state index >= 15 is 0 Å². The maximum atomic E-state index is 12.8. The zero-order valence-electron chi connectivity index (χ0n) is 13.8. The van der Waals surface area contributed by atoms with E-state index in [0.29, 0.717) is 48.4 Å². The van der Waals surface area contributed by atoms with Crippen molar-refractivity contribution in [3.05, 3.63) is 28.8 Å². The SMILES string of the molecule is NC(=O)C1(C23CCC(N)(CC2)[C@@H](O)C3)CC(=O)c2cc(Cl)ccc2O1. The smallest absolute Gasteiger partial charge is 0.262 e. The van der Waals surface area contributed by atoms with Crippen molar-refractivity contribution < 1.29 is 19.4 Å². The van der Waals surface area contributed by atoms with Gasteiger partial charge in [-0.25, -0.2) is 0 Å². The standard InChI is InChI=1S/C18H21ClN2O4/c19-10-1-2-13-11(7-10)12(22)8-18(25-13,15(20)24)16-3-5-17(21,6-4-16)14(23)9-16/h1-2,7,14,23H,3-6,8-9,21H2,(H2,20,24)/t14-,16?,17?,18?/m0/s1. The van der Waals surface area contributed by atoms with Gasteiger partial charge in [-0.05, 0) is 50.3 Å². The van der Waals surface area contributed by atoms with Crippen molar-refractivity contribution in [2.75, 3.05) is 0 Å². The number of hydrogen-bond donors (Lipinski definition) is 3. The highest BCUT2D eigenvalue weighted by molar-refractivity contribution is 6.31. The molecule has 4 aliphatic rings. The molecule has 5 rings (SSSR count). The molecule has 1 aliphatic heterocycles. The fraction of sp³-hybridized carbons (Fsp3) is 0.556. The van der Waals surface area contributed by atoms with Crippen LogP contribution in [0.1, 0.15) is 48.9 Å². The molecular formula is C18H21ClN2O4. The molecule has 6 nitrogen and oxygen atoms in total. The summed E-state index contributed by atoms with van der Waals surface area (Å²) in [7, 11) is 0. The normalized spacial score (nSPS) is 39.6. The average Bonchev–Trinajstić information content (AvgIpc) is 2.56. The van der Waals surface area contributed by atoms with Gasteiger partial charge >= 0.3 is 0 Å². The number of aliphatic hydroxyl groups excluding tert-OH is 1. The second-order valence-electron chi connectivity index (χ2n) is 7.77. The van der Waals surface area contributed by atoms with Gasteiger partial charge in [-0.3, -0.25) is 9.59 Å². The van der Waals surface area contributed by atoms with Crippen LogP contribution in [0.5, 0.6) is 5.75 Å². The summed E-state index contributed by atoms with van der Waals surface area (Å²) in [5.41, 5.74) is 9.65. The van der Waals surface area contributed by atoms with E-state index < -0.39 is 28.6 Å². The lowest BCUT2D eigenvalue weighted by Crippen LogP contribution is -2.71. The third-order valence-electron chi connectivity index (χ3n) is 6.58. The van der Waals surface area contributed by atoms with Crippen molar-refractivity contribution in [1.82, 2.24) is 0 Å². The molecule has 1 amide bonds. The van der Waals surface area contributed by atoms with Crippen LogP contribution in [0.3, 0.4) is 0 Å². The minimum absolute atomic E-state index is 0.139. The zero-order valence-corrected chi connectivity index (χ0v) is 14.5. The van der Waals surface area contributed by atoms with Gasteiger partial charge in [0, 0.05) is 16.0 Å². The first kappa shape index (κ1) is 16.8. The minimum atomic E-state index is -1.46. The largest absolute Gasteiger partial charge is 0.476 e. The lowest BCUT2D eigenvalue weighted by atomic mass is 9.49. The topological polar surface area (TPSA) is 116 Å². The predicted molar refractivity (Wildman–Crippen MR) is 91.4 cm³/mol. The molecule has 1 unspecified atom stereocenters. The highest BCUT2D eigenvalue weighted by Crippen LogP contribution is 2.59. The van der Waals surface area contributed by atoms with Gasteiger partial charge < -0.3 is 21.3 Å². The number of hydrogen-bond acceptors (Lipinski definition) is 5. The Morgan fingerprint density at radius 3 is 2.56 bits per heavy atom. The van der Waals surface area contributed by atoms with E-state index in [-0.39, 0.29) is 12.2 Å². The maximum Gasteiger partial charge on any atom is 0.262 e. The van der Waals surface area contributed by atoms with Crippen LogP contribution in [0, 0.1) is 5.41 Å². The molecule has 2 bridgehead atoms. The van der Waals surface area contributed by atoms with Crippen LogP contribution < -0.4 is 16.2 Å². The Morgan fingerprint density at radius 1 is 1.28 bits per heavy atom. The number of carbonyl (C=O) groups excluding carboxylic acids is 2. The second-order valence-corrected chi connectivity index (χ2v) is 8.20. The number of fused-ring (bicyclic) bond motifs is 4. The summed E-state index contributed by atoms with van der Waals surface area (Å²) in [5, 5.41) is 10.9. The Kier molecular flexibility index (Phi) is 3.49. The van der Waals surface area contributed by atoms with Gasteiger partial charge in [0.2, 0.25) is 0 Å². The van der Waals surface area contributed by atoms with Crippen LogP contribution >= 0.6 is 11.6 Å². The van der Waals surface area contributed by atoms with Crippen LogP contribution in [0.2, 0.25) is 5.02 Å². The van der Waals surface area contributed by atoms with Crippen molar-refractivity contribution in [2.45, 2.75) is 55.8 Å². The van der Waals surface area contributed by atoms with Crippen LogP contribution in [0.25, 0.3) is 0 Å². The molecule has 0 radical (unpaired) electrons. The van der Waals surface area contributed by atoms with Crippen LogP contribution in [0.4, 0.5) is 0 Å². The Labute approximate surface area is 150 Å². The number of ether oxygens (including phenoxy) is 1. The van der Waals surface area contributed by atoms with Crippen molar-refractivity contribution in [2.24, 2.45) is 16.9 Å². The van der Waals surface area contributed by atoms with Gasteiger partial charge in [0.05, 0.1) is 18.1 Å². The van der Waals surface area contributed by atoms with E-state index in [2.05, 4.69) is 0 Å². The first-order valence-corrected chi connectivity index (χ1v) is 8.88. The number of aliphatic hydroxyl groups is 1. The van der Waals surface area contributed by atoms with Gasteiger partial charge in [0.1, 0.15) is 5.75 Å². The Balaban J connectivity index is 1.81. The van der Waals surface area contributed by atoms with Crippen LogP contribution in [-0.4, -0.2) is 34.0 Å². The lowest BCUT2D eigenvalue weighted by molar-refractivity contribution is -0.177. The van der Waals surface area contributed by atoms with Gasteiger partial charge in [-0.2, -0.15) is 0 Å². The number of amides is 1. The summed E-state index contributed by atoms with van der Waals surface area (Å²) in [4.78, 5) is 25.4. The second kappa shape index (κ2) is 5.19. The summed E-state index contributed by atoms with van der Waals surface area (Å²) >= 11 is 5.97. The van der Waals surface area contributed by atoms with Gasteiger partial charge in [0.15, 0.2) is 11.4 Å². The number of Topliss-reactive ketones (excluding diaryl/α,β-unsaturated/α-hetero) is 1. The van der Waals surface area contributed by atoms with Crippen LogP contribution in [-0.2, 0) is 4.79 Å². The predicted octanol–water partition coefficient (Wildman–Crippen LogP) is 1.55. The number of halogens is 1. The third kappa shape index (κ3) is 2.17. The summed E-state index contributed by atoms with van der Waals surface area (Å²) < 4.78 is 6.14. The number of carbonyl (C=O) groups is 2. The molecule has 1 aromatic carbocycles. The van der Waals surface area contributed by atoms with E-state index in [1.807, 2.05) is 0 Å². The molecule has 3 fully saturated rings. The number of nitrogens with two attached hydrogens (primary N) is 2. The molecule has 5 N–H and O–H groups in total. The Hall–Kier alpha value is -1.63. The maximum absolute atomic E-state index is 12.8. The van der Waals surface area contributed by atoms with Crippen molar-refractivity contribution in [3.8, 4) is 5.75 Å². The monoisotopic (exact) mass is 364 g/mol. The van der Waals surface area contributed by atoms with E-state index in [1.165, 1.54) is 0 Å². The molecular weight excluding hydrogens is 344 g/mol. The van der Waals surface area contributed by atoms with E-state index in [0.717, 1.165) is 0 Å². The number of benzene rings is 1. The van der Waals surface area contributed by atoms with Crippen LogP contribution in [0.15, 0.2) is 18.2 Å². The van der Waals surface area contributed by atoms with Gasteiger partial charge in [-0.1, -0.05) is 11.6 Å². The molecule has 2 atom stereocenters. The van der Waals surface area contributed by atoms with Crippen molar-refractivity contribution in [3.63, 3.8) is 0 Å². The molecule has 0 aromatic heterocycles. The number of rotatable bonds is 2. The third-order valence-corrected chi connectivity index (χ3v) is 6.81. The molecule has 7 heteroatoms. The summed E-state index contributed by atoms with van der Waals surface area (Å²) in [6, 6.07) is 4.76. The molecule has 1 aromatic rings. The van der Waals surface area contributed by atoms with E-state index in [9.17, 15) is 14.7 Å². The van der Waals surface area contributed by atoms with Crippen molar-refractivity contribution in [1.29, 1.82) is 0 Å². The fourth-order valence-electron chi connectivity index (χ4n) is 4.92. The number of ketones is 1. The Bertz CT molecular complexity index is 772. The Morgan fingerprint density at radius 2 is 1.96 bits per heavy atom. The molecule has 25 heavy (non-hydrogen) atoms. The molecule has 0 saturated heterocycles. The lowest BCUT2D eigenvalue weighted by Gasteiger charge is -2.60. The average molecular weight is 365 g/mol. The van der Waals surface area contributed by atoms with E-state index in [1.54, 1.807) is 18.2 Å².